The zero-order chi connectivity index (χ0) is 26.1. The Morgan fingerprint density at radius 1 is 0.811 bits per heavy atom. The van der Waals surface area contributed by atoms with Crippen molar-refractivity contribution >= 4 is 5.97 Å². The maximum Gasteiger partial charge on any atom is 0.309 e. The van der Waals surface area contributed by atoms with Crippen molar-refractivity contribution in [2.24, 2.45) is 5.92 Å². The highest BCUT2D eigenvalue weighted by Crippen LogP contribution is 2.29. The van der Waals surface area contributed by atoms with Gasteiger partial charge in [0.05, 0.1) is 24.9 Å². The molecule has 1 fully saturated rings. The number of aromatic nitrogens is 2. The van der Waals surface area contributed by atoms with Crippen LogP contribution in [-0.2, 0) is 16.0 Å². The first-order valence-corrected chi connectivity index (χ1v) is 14.9. The summed E-state index contributed by atoms with van der Waals surface area (Å²) >= 11 is 0. The molecule has 0 spiro atoms. The predicted octanol–water partition coefficient (Wildman–Crippen LogP) is 8.50. The molecule has 2 aromatic rings. The van der Waals surface area contributed by atoms with Crippen molar-refractivity contribution in [3.63, 3.8) is 0 Å². The minimum Gasteiger partial charge on any atom is -0.490 e. The number of cyclic esters (lactones) is 1. The van der Waals surface area contributed by atoms with Crippen molar-refractivity contribution in [3.8, 4) is 17.1 Å². The molecule has 204 valence electrons. The molecule has 0 aliphatic carbocycles. The molecule has 5 nitrogen and oxygen atoms in total. The largest absolute Gasteiger partial charge is 0.490 e. The molecule has 0 N–H and O–H groups in total. The summed E-state index contributed by atoms with van der Waals surface area (Å²) < 4.78 is 11.4. The number of carbonyl (C=O) groups excluding carboxylic acids is 1. The third-order valence-electron chi connectivity index (χ3n) is 7.43. The smallest absolute Gasteiger partial charge is 0.309 e. The van der Waals surface area contributed by atoms with Crippen LogP contribution in [0.2, 0.25) is 0 Å². The van der Waals surface area contributed by atoms with E-state index in [1.165, 1.54) is 69.8 Å². The molecule has 0 bridgehead atoms. The zero-order valence-corrected chi connectivity index (χ0v) is 23.3. The minimum absolute atomic E-state index is 0.00442. The second-order valence-corrected chi connectivity index (χ2v) is 10.6. The molecular weight excluding hydrogens is 460 g/mol. The number of benzene rings is 1. The van der Waals surface area contributed by atoms with Crippen LogP contribution in [0.15, 0.2) is 36.7 Å². The quantitative estimate of drug-likeness (QED) is 0.141. The van der Waals surface area contributed by atoms with E-state index in [4.69, 9.17) is 9.47 Å². The third-order valence-corrected chi connectivity index (χ3v) is 7.43. The van der Waals surface area contributed by atoms with Crippen LogP contribution in [0.5, 0.6) is 5.75 Å². The SMILES string of the molecule is CCCCCCCCCCOc1cnc(-c2ccc(CCC3CC(CCCCCC)OC3=O)cc2)nc1. The van der Waals surface area contributed by atoms with Gasteiger partial charge in [0, 0.05) is 5.56 Å². The van der Waals surface area contributed by atoms with Gasteiger partial charge in [-0.15, -0.1) is 0 Å². The van der Waals surface area contributed by atoms with Crippen LogP contribution in [0.25, 0.3) is 11.4 Å². The van der Waals surface area contributed by atoms with E-state index in [-0.39, 0.29) is 18.0 Å². The van der Waals surface area contributed by atoms with Crippen molar-refractivity contribution in [1.29, 1.82) is 0 Å². The number of rotatable bonds is 19. The molecule has 1 aliphatic rings. The number of hydrogen-bond acceptors (Lipinski definition) is 5. The van der Waals surface area contributed by atoms with Gasteiger partial charge < -0.3 is 9.47 Å². The van der Waals surface area contributed by atoms with Gasteiger partial charge in [0.1, 0.15) is 6.10 Å². The number of esters is 1. The van der Waals surface area contributed by atoms with Gasteiger partial charge in [-0.3, -0.25) is 4.79 Å². The molecule has 2 unspecified atom stereocenters. The van der Waals surface area contributed by atoms with Crippen LogP contribution >= 0.6 is 0 Å². The fourth-order valence-electron chi connectivity index (χ4n) is 5.06. The number of hydrogen-bond donors (Lipinski definition) is 0. The lowest BCUT2D eigenvalue weighted by atomic mass is 9.94. The molecule has 0 amide bonds. The van der Waals surface area contributed by atoms with Gasteiger partial charge in [0.2, 0.25) is 0 Å². The van der Waals surface area contributed by atoms with E-state index in [0.29, 0.717) is 5.82 Å². The Balaban J connectivity index is 1.33. The van der Waals surface area contributed by atoms with Gasteiger partial charge in [-0.2, -0.15) is 0 Å². The van der Waals surface area contributed by atoms with Gasteiger partial charge in [0.15, 0.2) is 11.6 Å². The summed E-state index contributed by atoms with van der Waals surface area (Å²) in [7, 11) is 0. The maximum atomic E-state index is 12.3. The van der Waals surface area contributed by atoms with Crippen molar-refractivity contribution in [2.75, 3.05) is 6.61 Å². The zero-order valence-electron chi connectivity index (χ0n) is 23.3. The molecule has 37 heavy (non-hydrogen) atoms. The molecule has 1 aromatic carbocycles. The highest BCUT2D eigenvalue weighted by molar-refractivity contribution is 5.74. The highest BCUT2D eigenvalue weighted by atomic mass is 16.5. The maximum absolute atomic E-state index is 12.3. The monoisotopic (exact) mass is 508 g/mol. The van der Waals surface area contributed by atoms with Crippen LogP contribution in [0.4, 0.5) is 0 Å². The first kappa shape index (κ1) is 29.1. The van der Waals surface area contributed by atoms with E-state index < -0.39 is 0 Å². The molecule has 5 heteroatoms. The number of unbranched alkanes of at least 4 members (excludes halogenated alkanes) is 10. The van der Waals surface area contributed by atoms with Crippen molar-refractivity contribution < 1.29 is 14.3 Å². The second-order valence-electron chi connectivity index (χ2n) is 10.6. The van der Waals surface area contributed by atoms with Crippen molar-refractivity contribution in [2.45, 2.75) is 123 Å². The Morgan fingerprint density at radius 2 is 1.43 bits per heavy atom. The summed E-state index contributed by atoms with van der Waals surface area (Å²) in [5.74, 6) is 1.47. The Kier molecular flexibility index (Phi) is 13.5. The van der Waals surface area contributed by atoms with Gasteiger partial charge in [-0.1, -0.05) is 102 Å². The fourth-order valence-corrected chi connectivity index (χ4v) is 5.06. The molecule has 0 radical (unpaired) electrons. The van der Waals surface area contributed by atoms with Crippen LogP contribution in [-0.4, -0.2) is 28.6 Å². The summed E-state index contributed by atoms with van der Waals surface area (Å²) in [6, 6.07) is 8.37. The van der Waals surface area contributed by atoms with E-state index in [9.17, 15) is 4.79 Å². The Bertz CT molecular complexity index is 882. The topological polar surface area (TPSA) is 61.3 Å². The van der Waals surface area contributed by atoms with Crippen LogP contribution in [0.1, 0.15) is 116 Å². The van der Waals surface area contributed by atoms with Gasteiger partial charge >= 0.3 is 5.97 Å². The lowest BCUT2D eigenvalue weighted by Gasteiger charge is -2.08. The van der Waals surface area contributed by atoms with Crippen molar-refractivity contribution in [3.05, 3.63) is 42.2 Å². The lowest BCUT2D eigenvalue weighted by molar-refractivity contribution is -0.144. The highest BCUT2D eigenvalue weighted by Gasteiger charge is 2.33. The molecule has 2 heterocycles. The van der Waals surface area contributed by atoms with Gasteiger partial charge in [-0.25, -0.2) is 9.97 Å². The summed E-state index contributed by atoms with van der Waals surface area (Å²) in [6.07, 6.45) is 22.5. The molecule has 1 aromatic heterocycles. The van der Waals surface area contributed by atoms with Crippen LogP contribution < -0.4 is 4.74 Å². The Morgan fingerprint density at radius 3 is 2.11 bits per heavy atom. The minimum atomic E-state index is -0.00442. The molecule has 3 rings (SSSR count). The standard InChI is InChI=1S/C32H48N2O3/c1-3-5-7-9-10-11-12-14-22-36-30-24-33-31(34-25-30)27-19-16-26(17-20-27)18-21-28-23-29(37-32(28)35)15-13-8-6-4-2/h16-17,19-20,24-25,28-29H,3-15,18,21-23H2,1-2H3. The number of carbonyl (C=O) groups is 1. The summed E-state index contributed by atoms with van der Waals surface area (Å²) in [6.45, 7) is 5.20. The summed E-state index contributed by atoms with van der Waals surface area (Å²) in [5.41, 5.74) is 2.22. The number of aryl methyl sites for hydroxylation is 1. The van der Waals surface area contributed by atoms with Crippen LogP contribution in [0.3, 0.4) is 0 Å². The first-order chi connectivity index (χ1) is 18.2. The Labute approximate surface area is 224 Å². The molecule has 1 saturated heterocycles. The third kappa shape index (κ3) is 10.8. The number of ether oxygens (including phenoxy) is 2. The van der Waals surface area contributed by atoms with E-state index in [1.54, 1.807) is 12.4 Å². The van der Waals surface area contributed by atoms with E-state index in [2.05, 4.69) is 48.1 Å². The van der Waals surface area contributed by atoms with Gasteiger partial charge in [0.25, 0.3) is 0 Å². The fraction of sp³-hybridized carbons (Fsp3) is 0.656. The molecule has 0 saturated carbocycles. The Hall–Kier alpha value is -2.43. The average molecular weight is 509 g/mol. The van der Waals surface area contributed by atoms with E-state index >= 15 is 0 Å². The first-order valence-electron chi connectivity index (χ1n) is 14.9. The van der Waals surface area contributed by atoms with E-state index in [0.717, 1.165) is 56.4 Å². The molecule has 2 atom stereocenters. The van der Waals surface area contributed by atoms with E-state index in [1.807, 2.05) is 0 Å². The second kappa shape index (κ2) is 17.1. The lowest BCUT2D eigenvalue weighted by Crippen LogP contribution is -2.08. The summed E-state index contributed by atoms with van der Waals surface area (Å²) in [4.78, 5) is 21.3. The number of nitrogens with zero attached hydrogens (tertiary/aromatic N) is 2. The normalized spacial score (nSPS) is 17.2. The molecule has 1 aliphatic heterocycles. The predicted molar refractivity (Wildman–Crippen MR) is 151 cm³/mol. The van der Waals surface area contributed by atoms with Crippen LogP contribution in [0, 0.1) is 5.92 Å². The molecular formula is C32H48N2O3. The summed E-state index contributed by atoms with van der Waals surface area (Å²) in [5, 5.41) is 0. The van der Waals surface area contributed by atoms with Crippen molar-refractivity contribution in [1.82, 2.24) is 9.97 Å². The average Bonchev–Trinajstić information content (AvgIpc) is 3.28. The van der Waals surface area contributed by atoms with Gasteiger partial charge in [-0.05, 0) is 44.1 Å².